The molecule has 34 heavy (non-hydrogen) atoms. The number of esters is 1. The smallest absolute Gasteiger partial charge is 0.408 e. The van der Waals surface area contributed by atoms with Gasteiger partial charge in [0.15, 0.2) is 0 Å². The topological polar surface area (TPSA) is 107 Å². The summed E-state index contributed by atoms with van der Waals surface area (Å²) in [4.78, 5) is 52.3. The molecule has 0 aliphatic carbocycles. The maximum Gasteiger partial charge on any atom is 0.408 e. The molecule has 2 aliphatic heterocycles. The van der Waals surface area contributed by atoms with Crippen LogP contribution < -0.4 is 10.9 Å². The van der Waals surface area contributed by atoms with Gasteiger partial charge in [0.1, 0.15) is 17.2 Å². The second-order valence-electron chi connectivity index (χ2n) is 11.3. The van der Waals surface area contributed by atoms with Crippen LogP contribution in [0.2, 0.25) is 0 Å². The van der Waals surface area contributed by atoms with E-state index in [1.807, 2.05) is 6.07 Å². The number of carbonyl (C=O) groups is 3. The van der Waals surface area contributed by atoms with Crippen LogP contribution in [0.3, 0.4) is 0 Å². The predicted octanol–water partition coefficient (Wildman–Crippen LogP) is 2.81. The van der Waals surface area contributed by atoms with Crippen molar-refractivity contribution in [3.63, 3.8) is 0 Å². The van der Waals surface area contributed by atoms with E-state index in [4.69, 9.17) is 9.47 Å². The summed E-state index contributed by atoms with van der Waals surface area (Å²) < 4.78 is 12.5. The maximum absolute atomic E-state index is 13.5. The van der Waals surface area contributed by atoms with Crippen LogP contribution in [0.4, 0.5) is 4.79 Å². The van der Waals surface area contributed by atoms with E-state index >= 15 is 0 Å². The molecule has 3 atom stereocenters. The number of amides is 2. The SMILES string of the molecule is CC(C)(C)OC(=O)CC[C@@H](NC(=O)OC(C)(C)C)C(=O)N1C[C@@H]2C[C@H](C1)c1cccc(=O)n1C2. The fourth-order valence-electron chi connectivity index (χ4n) is 4.66. The number of likely N-dealkylation sites (tertiary alicyclic amines) is 1. The fourth-order valence-corrected chi connectivity index (χ4v) is 4.66. The molecule has 3 heterocycles. The summed E-state index contributed by atoms with van der Waals surface area (Å²) >= 11 is 0. The molecule has 9 heteroatoms. The number of nitrogens with one attached hydrogen (secondary N) is 1. The molecule has 1 aromatic heterocycles. The molecule has 1 N–H and O–H groups in total. The summed E-state index contributed by atoms with van der Waals surface area (Å²) in [5, 5.41) is 2.67. The summed E-state index contributed by atoms with van der Waals surface area (Å²) in [6, 6.07) is 4.34. The van der Waals surface area contributed by atoms with Gasteiger partial charge in [-0.3, -0.25) is 14.4 Å². The van der Waals surface area contributed by atoms with E-state index in [2.05, 4.69) is 5.32 Å². The number of pyridine rings is 1. The zero-order valence-corrected chi connectivity index (χ0v) is 21.1. The van der Waals surface area contributed by atoms with Gasteiger partial charge in [-0.05, 0) is 66.4 Å². The van der Waals surface area contributed by atoms with Crippen molar-refractivity contribution >= 4 is 18.0 Å². The molecule has 0 saturated carbocycles. The van der Waals surface area contributed by atoms with E-state index in [0.29, 0.717) is 19.6 Å². The Morgan fingerprint density at radius 2 is 1.71 bits per heavy atom. The van der Waals surface area contributed by atoms with Crippen molar-refractivity contribution in [2.24, 2.45) is 5.92 Å². The molecule has 0 unspecified atom stereocenters. The Morgan fingerprint density at radius 3 is 2.35 bits per heavy atom. The van der Waals surface area contributed by atoms with Crippen molar-refractivity contribution in [3.8, 4) is 0 Å². The molecular weight excluding hydrogens is 438 g/mol. The first-order valence-corrected chi connectivity index (χ1v) is 11.9. The Hall–Kier alpha value is -2.84. The quantitative estimate of drug-likeness (QED) is 0.657. The maximum atomic E-state index is 13.5. The third-order valence-electron chi connectivity index (χ3n) is 5.84. The Labute approximate surface area is 200 Å². The Bertz CT molecular complexity index is 988. The number of ether oxygens (including phenoxy) is 2. The largest absolute Gasteiger partial charge is 0.460 e. The van der Waals surface area contributed by atoms with Crippen molar-refractivity contribution < 1.29 is 23.9 Å². The molecule has 0 aromatic carbocycles. The molecule has 1 saturated heterocycles. The summed E-state index contributed by atoms with van der Waals surface area (Å²) in [6.07, 6.45) is 0.302. The molecule has 3 rings (SSSR count). The number of rotatable bonds is 5. The van der Waals surface area contributed by atoms with Gasteiger partial charge in [0.25, 0.3) is 5.56 Å². The molecule has 2 aliphatic rings. The van der Waals surface area contributed by atoms with E-state index in [-0.39, 0.29) is 36.1 Å². The number of piperidine rings is 1. The minimum atomic E-state index is -0.917. The Balaban J connectivity index is 1.74. The van der Waals surface area contributed by atoms with Gasteiger partial charge < -0.3 is 24.3 Å². The van der Waals surface area contributed by atoms with Gasteiger partial charge in [-0.25, -0.2) is 4.79 Å². The lowest BCUT2D eigenvalue weighted by Gasteiger charge is -2.43. The van der Waals surface area contributed by atoms with E-state index in [1.54, 1.807) is 63.1 Å². The summed E-state index contributed by atoms with van der Waals surface area (Å²) in [6.45, 7) is 12.1. The zero-order chi connectivity index (χ0) is 25.3. The second-order valence-corrected chi connectivity index (χ2v) is 11.3. The highest BCUT2D eigenvalue weighted by Crippen LogP contribution is 2.35. The first-order valence-electron chi connectivity index (χ1n) is 11.9. The molecule has 188 valence electrons. The van der Waals surface area contributed by atoms with Crippen molar-refractivity contribution in [3.05, 3.63) is 34.2 Å². The van der Waals surface area contributed by atoms with Crippen LogP contribution in [0.15, 0.2) is 23.0 Å². The lowest BCUT2D eigenvalue weighted by molar-refractivity contribution is -0.155. The van der Waals surface area contributed by atoms with Gasteiger partial charge in [-0.1, -0.05) is 6.07 Å². The summed E-state index contributed by atoms with van der Waals surface area (Å²) in [5.41, 5.74) is -0.437. The van der Waals surface area contributed by atoms with Crippen molar-refractivity contribution in [1.82, 2.24) is 14.8 Å². The second kappa shape index (κ2) is 9.80. The molecule has 0 radical (unpaired) electrons. The van der Waals surface area contributed by atoms with Crippen LogP contribution in [-0.2, 0) is 25.6 Å². The van der Waals surface area contributed by atoms with Gasteiger partial charge in [-0.2, -0.15) is 0 Å². The highest BCUT2D eigenvalue weighted by atomic mass is 16.6. The van der Waals surface area contributed by atoms with E-state index < -0.39 is 29.3 Å². The number of hydrogen-bond acceptors (Lipinski definition) is 6. The number of alkyl carbamates (subject to hydrolysis) is 1. The average molecular weight is 476 g/mol. The third kappa shape index (κ3) is 6.84. The molecule has 1 aromatic rings. The molecule has 2 bridgehead atoms. The number of fused-ring (bicyclic) bond motifs is 4. The molecule has 9 nitrogen and oxygen atoms in total. The third-order valence-corrected chi connectivity index (χ3v) is 5.84. The monoisotopic (exact) mass is 475 g/mol. The molecule has 0 spiro atoms. The van der Waals surface area contributed by atoms with E-state index in [9.17, 15) is 19.2 Å². The minimum absolute atomic E-state index is 0.0115. The normalized spacial score (nSPS) is 20.7. The number of hydrogen-bond donors (Lipinski definition) is 1. The summed E-state index contributed by atoms with van der Waals surface area (Å²) in [7, 11) is 0. The molecule has 1 fully saturated rings. The fraction of sp³-hybridized carbons (Fsp3) is 0.680. The minimum Gasteiger partial charge on any atom is -0.460 e. The van der Waals surface area contributed by atoms with Gasteiger partial charge in [0, 0.05) is 43.7 Å². The van der Waals surface area contributed by atoms with Crippen LogP contribution in [0.25, 0.3) is 0 Å². The van der Waals surface area contributed by atoms with Gasteiger partial charge in [0.05, 0.1) is 0 Å². The highest BCUT2D eigenvalue weighted by Gasteiger charge is 2.38. The first kappa shape index (κ1) is 25.8. The van der Waals surface area contributed by atoms with Crippen LogP contribution >= 0.6 is 0 Å². The Kier molecular flexibility index (Phi) is 7.43. The molecular formula is C25H37N3O6. The Morgan fingerprint density at radius 1 is 1.03 bits per heavy atom. The zero-order valence-electron chi connectivity index (χ0n) is 21.1. The van der Waals surface area contributed by atoms with E-state index in [0.717, 1.165) is 12.1 Å². The number of carbonyl (C=O) groups excluding carboxylic acids is 3. The first-order chi connectivity index (χ1) is 15.7. The van der Waals surface area contributed by atoms with Gasteiger partial charge in [0.2, 0.25) is 5.91 Å². The standard InChI is InChI=1S/C25H37N3O6/c1-24(2,3)33-21(30)11-10-18(26-23(32)34-25(4,5)6)22(31)27-13-16-12-17(15-27)19-8-7-9-20(29)28(19)14-16/h7-9,16-18H,10-15H2,1-6H3,(H,26,32)/t16-,17+,18+/m0/s1. The van der Waals surface area contributed by atoms with Crippen LogP contribution in [0, 0.1) is 5.92 Å². The van der Waals surface area contributed by atoms with Crippen molar-refractivity contribution in [2.45, 2.75) is 90.5 Å². The van der Waals surface area contributed by atoms with Crippen molar-refractivity contribution in [1.29, 1.82) is 0 Å². The number of aromatic nitrogens is 1. The van der Waals surface area contributed by atoms with Gasteiger partial charge >= 0.3 is 12.1 Å². The van der Waals surface area contributed by atoms with Crippen LogP contribution in [0.5, 0.6) is 0 Å². The van der Waals surface area contributed by atoms with Gasteiger partial charge in [-0.15, -0.1) is 0 Å². The van der Waals surface area contributed by atoms with Crippen LogP contribution in [-0.4, -0.2) is 57.8 Å². The molecule has 2 amide bonds. The lowest BCUT2D eigenvalue weighted by Crippen LogP contribution is -2.55. The van der Waals surface area contributed by atoms with E-state index in [1.165, 1.54) is 0 Å². The average Bonchev–Trinajstić information content (AvgIpc) is 2.68. The lowest BCUT2D eigenvalue weighted by atomic mass is 9.83. The summed E-state index contributed by atoms with van der Waals surface area (Å²) in [5.74, 6) is -0.474. The highest BCUT2D eigenvalue weighted by molar-refractivity contribution is 5.86. The number of nitrogens with zero attached hydrogens (tertiary/aromatic N) is 2. The predicted molar refractivity (Wildman–Crippen MR) is 126 cm³/mol. The van der Waals surface area contributed by atoms with Crippen LogP contribution in [0.1, 0.15) is 72.4 Å². The van der Waals surface area contributed by atoms with Crippen molar-refractivity contribution in [2.75, 3.05) is 13.1 Å².